The molecule has 0 unspecified atom stereocenters. The van der Waals surface area contributed by atoms with Crippen molar-refractivity contribution < 1.29 is 14.6 Å². The molecule has 1 rings (SSSR count). The summed E-state index contributed by atoms with van der Waals surface area (Å²) in [5.41, 5.74) is 2.15. The second-order valence-electron chi connectivity index (χ2n) is 5.36. The van der Waals surface area contributed by atoms with Crippen LogP contribution in [0, 0.1) is 13.8 Å². The van der Waals surface area contributed by atoms with E-state index in [1.807, 2.05) is 34.6 Å². The van der Waals surface area contributed by atoms with Crippen LogP contribution in [0.5, 0.6) is 11.5 Å². The third kappa shape index (κ3) is 2.78. The Balaban J connectivity index is 3.44. The third-order valence-corrected chi connectivity index (χ3v) is 2.88. The molecular weight excluding hydrogens is 216 g/mol. The smallest absolute Gasteiger partial charge is 0.308 e. The third-order valence-electron chi connectivity index (χ3n) is 2.88. The molecule has 0 aliphatic carbocycles. The molecule has 0 aliphatic heterocycles. The molecule has 1 aromatic rings. The van der Waals surface area contributed by atoms with Crippen LogP contribution in [0.15, 0.2) is 6.07 Å². The molecule has 0 bridgehead atoms. The lowest BCUT2D eigenvalue weighted by atomic mass is 9.84. The van der Waals surface area contributed by atoms with E-state index in [1.54, 1.807) is 6.07 Å². The molecule has 0 heterocycles. The van der Waals surface area contributed by atoms with Crippen LogP contribution in [-0.2, 0) is 10.2 Å². The van der Waals surface area contributed by atoms with E-state index in [9.17, 15) is 9.90 Å². The Hall–Kier alpha value is -1.51. The summed E-state index contributed by atoms with van der Waals surface area (Å²) in [6, 6.07) is 1.75. The average Bonchev–Trinajstić information content (AvgIpc) is 2.16. The van der Waals surface area contributed by atoms with Gasteiger partial charge in [0.15, 0.2) is 0 Å². The van der Waals surface area contributed by atoms with Crippen molar-refractivity contribution in [2.75, 3.05) is 0 Å². The molecule has 0 amide bonds. The van der Waals surface area contributed by atoms with E-state index >= 15 is 0 Å². The summed E-state index contributed by atoms with van der Waals surface area (Å²) in [5.74, 6) is 0.460. The first-order chi connectivity index (χ1) is 7.64. The minimum Gasteiger partial charge on any atom is -0.507 e. The van der Waals surface area contributed by atoms with Crippen LogP contribution in [0.2, 0.25) is 0 Å². The monoisotopic (exact) mass is 236 g/mol. The van der Waals surface area contributed by atoms with Crippen molar-refractivity contribution in [2.45, 2.75) is 47.0 Å². The molecule has 3 nitrogen and oxygen atoms in total. The van der Waals surface area contributed by atoms with E-state index in [0.717, 1.165) is 16.7 Å². The molecule has 0 aliphatic rings. The zero-order chi connectivity index (χ0) is 13.4. The maximum atomic E-state index is 11.0. The fourth-order valence-electron chi connectivity index (χ4n) is 1.70. The first-order valence-electron chi connectivity index (χ1n) is 5.66. The number of hydrogen-bond donors (Lipinski definition) is 1. The van der Waals surface area contributed by atoms with Gasteiger partial charge in [0.05, 0.1) is 0 Å². The number of esters is 1. The van der Waals surface area contributed by atoms with Gasteiger partial charge in [0.1, 0.15) is 11.5 Å². The molecule has 0 radical (unpaired) electrons. The first kappa shape index (κ1) is 13.6. The summed E-state index contributed by atoms with van der Waals surface area (Å²) < 4.78 is 5.17. The number of rotatable bonds is 1. The Bertz CT molecular complexity index is 454. The zero-order valence-corrected chi connectivity index (χ0v) is 11.3. The Morgan fingerprint density at radius 3 is 2.18 bits per heavy atom. The molecule has 3 heteroatoms. The second kappa shape index (κ2) is 4.40. The van der Waals surface area contributed by atoms with Gasteiger partial charge in [-0.25, -0.2) is 0 Å². The van der Waals surface area contributed by atoms with E-state index in [1.165, 1.54) is 6.92 Å². The Morgan fingerprint density at radius 1 is 1.24 bits per heavy atom. The average molecular weight is 236 g/mol. The van der Waals surface area contributed by atoms with Crippen LogP contribution in [0.4, 0.5) is 0 Å². The highest BCUT2D eigenvalue weighted by atomic mass is 16.5. The van der Waals surface area contributed by atoms with Crippen molar-refractivity contribution >= 4 is 5.97 Å². The number of carbonyl (C=O) groups is 1. The maximum absolute atomic E-state index is 11.0. The highest BCUT2D eigenvalue weighted by Gasteiger charge is 2.22. The number of phenolic OH excluding ortho intramolecular Hbond substituents is 1. The van der Waals surface area contributed by atoms with Crippen molar-refractivity contribution in [3.63, 3.8) is 0 Å². The van der Waals surface area contributed by atoms with Crippen LogP contribution in [0.3, 0.4) is 0 Å². The van der Waals surface area contributed by atoms with Crippen molar-refractivity contribution in [2.24, 2.45) is 0 Å². The minimum absolute atomic E-state index is 0.197. The lowest BCUT2D eigenvalue weighted by Crippen LogP contribution is -2.14. The van der Waals surface area contributed by atoms with Gasteiger partial charge in [0.25, 0.3) is 0 Å². The number of ether oxygens (including phenoxy) is 1. The second-order valence-corrected chi connectivity index (χ2v) is 5.36. The van der Waals surface area contributed by atoms with Crippen molar-refractivity contribution in [1.82, 2.24) is 0 Å². The fourth-order valence-corrected chi connectivity index (χ4v) is 1.70. The van der Waals surface area contributed by atoms with Gasteiger partial charge in [-0.3, -0.25) is 4.79 Å². The summed E-state index contributed by atoms with van der Waals surface area (Å²) >= 11 is 0. The van der Waals surface area contributed by atoms with Gasteiger partial charge in [-0.05, 0) is 36.5 Å². The van der Waals surface area contributed by atoms with E-state index in [-0.39, 0.29) is 17.1 Å². The molecule has 0 spiro atoms. The zero-order valence-electron chi connectivity index (χ0n) is 11.3. The predicted molar refractivity (Wildman–Crippen MR) is 67.6 cm³/mol. The summed E-state index contributed by atoms with van der Waals surface area (Å²) in [6.45, 7) is 11.1. The van der Waals surface area contributed by atoms with Gasteiger partial charge >= 0.3 is 5.97 Å². The number of carbonyl (C=O) groups excluding carboxylic acids is 1. The first-order valence-corrected chi connectivity index (χ1v) is 5.66. The quantitative estimate of drug-likeness (QED) is 0.601. The highest BCUT2D eigenvalue weighted by Crippen LogP contribution is 2.39. The molecule has 0 fully saturated rings. The standard InChI is InChI=1S/C14H20O3/c1-8-9(2)13(16)11(14(4,5)6)7-12(8)17-10(3)15/h7,16H,1-6H3. The summed E-state index contributed by atoms with van der Waals surface area (Å²) in [4.78, 5) is 11.0. The molecule has 0 aromatic heterocycles. The summed E-state index contributed by atoms with van der Waals surface area (Å²) in [7, 11) is 0. The van der Waals surface area contributed by atoms with Gasteiger partial charge in [-0.1, -0.05) is 20.8 Å². The van der Waals surface area contributed by atoms with Gasteiger partial charge in [0.2, 0.25) is 0 Å². The van der Waals surface area contributed by atoms with Crippen molar-refractivity contribution in [3.05, 3.63) is 22.8 Å². The van der Waals surface area contributed by atoms with Crippen LogP contribution >= 0.6 is 0 Å². The van der Waals surface area contributed by atoms with Crippen LogP contribution in [0.1, 0.15) is 44.4 Å². The number of benzene rings is 1. The van der Waals surface area contributed by atoms with Crippen LogP contribution in [-0.4, -0.2) is 11.1 Å². The maximum Gasteiger partial charge on any atom is 0.308 e. The van der Waals surface area contributed by atoms with E-state index in [4.69, 9.17) is 4.74 Å². The Kier molecular flexibility index (Phi) is 3.51. The number of hydrogen-bond acceptors (Lipinski definition) is 3. The summed E-state index contributed by atoms with van der Waals surface area (Å²) in [5, 5.41) is 10.1. The molecule has 1 aromatic carbocycles. The molecule has 94 valence electrons. The Labute approximate surface area is 102 Å². The van der Waals surface area contributed by atoms with E-state index < -0.39 is 0 Å². The topological polar surface area (TPSA) is 46.5 Å². The van der Waals surface area contributed by atoms with Crippen LogP contribution in [0.25, 0.3) is 0 Å². The lowest BCUT2D eigenvalue weighted by molar-refractivity contribution is -0.131. The van der Waals surface area contributed by atoms with E-state index in [0.29, 0.717) is 5.75 Å². The predicted octanol–water partition coefficient (Wildman–Crippen LogP) is 3.23. The number of phenols is 1. The normalized spacial score (nSPS) is 11.4. The van der Waals surface area contributed by atoms with Gasteiger partial charge < -0.3 is 9.84 Å². The molecule has 0 saturated heterocycles. The van der Waals surface area contributed by atoms with Gasteiger partial charge in [0, 0.05) is 12.5 Å². The molecule has 17 heavy (non-hydrogen) atoms. The number of aromatic hydroxyl groups is 1. The van der Waals surface area contributed by atoms with Gasteiger partial charge in [-0.2, -0.15) is 0 Å². The SMILES string of the molecule is CC(=O)Oc1cc(C(C)(C)C)c(O)c(C)c1C. The van der Waals surface area contributed by atoms with E-state index in [2.05, 4.69) is 0 Å². The molecule has 0 saturated carbocycles. The largest absolute Gasteiger partial charge is 0.507 e. The lowest BCUT2D eigenvalue weighted by Gasteiger charge is -2.23. The van der Waals surface area contributed by atoms with Crippen LogP contribution < -0.4 is 4.74 Å². The van der Waals surface area contributed by atoms with Crippen molar-refractivity contribution in [1.29, 1.82) is 0 Å². The van der Waals surface area contributed by atoms with Crippen molar-refractivity contribution in [3.8, 4) is 11.5 Å². The fraction of sp³-hybridized carbons (Fsp3) is 0.500. The molecule has 1 N–H and O–H groups in total. The molecule has 0 atom stereocenters. The highest BCUT2D eigenvalue weighted by molar-refractivity contribution is 5.70. The summed E-state index contributed by atoms with van der Waals surface area (Å²) in [6.07, 6.45) is 0. The minimum atomic E-state index is -0.349. The van der Waals surface area contributed by atoms with Gasteiger partial charge in [-0.15, -0.1) is 0 Å². The Morgan fingerprint density at radius 2 is 1.76 bits per heavy atom. The molecular formula is C14H20O3.